The predicted molar refractivity (Wildman–Crippen MR) is 85.3 cm³/mol. The quantitative estimate of drug-likeness (QED) is 0.819. The summed E-state index contributed by atoms with van der Waals surface area (Å²) in [7, 11) is 0. The number of nitrogens with zero attached hydrogens (tertiary/aromatic N) is 5. The molecule has 0 aliphatic carbocycles. The lowest BCUT2D eigenvalue weighted by atomic mass is 10.0. The number of rotatable bonds is 2. The number of halogens is 2. The zero-order chi connectivity index (χ0) is 15.1. The standard InChI is InChI=1S/C15H15BrFN5/c16-12-1-2-14(18-3-12)21-6-10-8-22(9-11(10)7-21)15-19-4-13(17)5-20-15/h1-5,10-11H,6-9H2. The Bertz CT molecular complexity index is 591. The molecule has 0 N–H and O–H groups in total. The molecule has 2 aliphatic heterocycles. The zero-order valence-corrected chi connectivity index (χ0v) is 13.4. The number of pyridine rings is 1. The van der Waals surface area contributed by atoms with Crippen LogP contribution in [0.3, 0.4) is 0 Å². The molecule has 0 saturated carbocycles. The molecule has 2 aromatic heterocycles. The second-order valence-electron chi connectivity index (χ2n) is 5.87. The fourth-order valence-corrected chi connectivity index (χ4v) is 3.60. The number of hydrogen-bond acceptors (Lipinski definition) is 5. The van der Waals surface area contributed by atoms with Crippen LogP contribution in [0.2, 0.25) is 0 Å². The first-order valence-electron chi connectivity index (χ1n) is 7.28. The van der Waals surface area contributed by atoms with Gasteiger partial charge in [0.05, 0.1) is 12.4 Å². The maximum absolute atomic E-state index is 12.9. The van der Waals surface area contributed by atoms with E-state index in [4.69, 9.17) is 0 Å². The summed E-state index contributed by atoms with van der Waals surface area (Å²) in [6.45, 7) is 3.83. The summed E-state index contributed by atoms with van der Waals surface area (Å²) >= 11 is 3.41. The van der Waals surface area contributed by atoms with Gasteiger partial charge in [-0.05, 0) is 28.1 Å². The second kappa shape index (κ2) is 5.46. The topological polar surface area (TPSA) is 45.2 Å². The largest absolute Gasteiger partial charge is 0.356 e. The first-order chi connectivity index (χ1) is 10.7. The summed E-state index contributed by atoms with van der Waals surface area (Å²) in [5.41, 5.74) is 0. The van der Waals surface area contributed by atoms with Crippen LogP contribution in [0.25, 0.3) is 0 Å². The summed E-state index contributed by atoms with van der Waals surface area (Å²) in [5.74, 6) is 2.43. The highest BCUT2D eigenvalue weighted by atomic mass is 79.9. The van der Waals surface area contributed by atoms with Gasteiger partial charge in [0.15, 0.2) is 5.82 Å². The Labute approximate surface area is 136 Å². The second-order valence-corrected chi connectivity index (χ2v) is 6.78. The molecule has 4 heterocycles. The highest BCUT2D eigenvalue weighted by Crippen LogP contribution is 2.34. The van der Waals surface area contributed by atoms with Crippen molar-refractivity contribution in [3.63, 3.8) is 0 Å². The van der Waals surface area contributed by atoms with Crippen LogP contribution in [0.4, 0.5) is 16.2 Å². The van der Waals surface area contributed by atoms with E-state index in [9.17, 15) is 4.39 Å². The van der Waals surface area contributed by atoms with E-state index in [-0.39, 0.29) is 0 Å². The van der Waals surface area contributed by atoms with Gasteiger partial charge in [-0.1, -0.05) is 0 Å². The molecule has 2 atom stereocenters. The van der Waals surface area contributed by atoms with Gasteiger partial charge in [0.25, 0.3) is 0 Å². The Kier molecular flexibility index (Phi) is 3.44. The molecule has 22 heavy (non-hydrogen) atoms. The monoisotopic (exact) mass is 363 g/mol. The van der Waals surface area contributed by atoms with Crippen molar-refractivity contribution in [1.29, 1.82) is 0 Å². The molecular weight excluding hydrogens is 349 g/mol. The number of hydrogen-bond donors (Lipinski definition) is 0. The summed E-state index contributed by atoms with van der Waals surface area (Å²) in [6, 6.07) is 4.07. The third-order valence-electron chi connectivity index (χ3n) is 4.41. The molecular formula is C15H15BrFN5. The molecule has 4 rings (SSSR count). The number of aromatic nitrogens is 3. The molecule has 0 bridgehead atoms. The van der Waals surface area contributed by atoms with Gasteiger partial charge in [0, 0.05) is 48.7 Å². The van der Waals surface area contributed by atoms with E-state index in [1.54, 1.807) is 0 Å². The van der Waals surface area contributed by atoms with Crippen molar-refractivity contribution in [2.75, 3.05) is 36.0 Å². The molecule has 0 radical (unpaired) electrons. The highest BCUT2D eigenvalue weighted by Gasteiger charge is 2.41. The van der Waals surface area contributed by atoms with Crippen LogP contribution in [0.15, 0.2) is 35.2 Å². The minimum atomic E-state index is -0.393. The average Bonchev–Trinajstić information content (AvgIpc) is 3.07. The lowest BCUT2D eigenvalue weighted by molar-refractivity contribution is 0.533. The first kappa shape index (κ1) is 13.9. The van der Waals surface area contributed by atoms with Crippen molar-refractivity contribution in [2.24, 2.45) is 11.8 Å². The van der Waals surface area contributed by atoms with Crippen LogP contribution >= 0.6 is 15.9 Å². The maximum atomic E-state index is 12.9. The van der Waals surface area contributed by atoms with E-state index in [0.29, 0.717) is 17.8 Å². The molecule has 2 unspecified atom stereocenters. The van der Waals surface area contributed by atoms with E-state index in [0.717, 1.165) is 36.5 Å². The van der Waals surface area contributed by atoms with Gasteiger partial charge in [-0.15, -0.1) is 0 Å². The molecule has 2 aromatic rings. The van der Waals surface area contributed by atoms with Crippen molar-refractivity contribution in [3.8, 4) is 0 Å². The van der Waals surface area contributed by atoms with Gasteiger partial charge < -0.3 is 9.80 Å². The van der Waals surface area contributed by atoms with Gasteiger partial charge in [0.2, 0.25) is 5.95 Å². The number of fused-ring (bicyclic) bond motifs is 1. The summed E-state index contributed by atoms with van der Waals surface area (Å²) < 4.78 is 13.9. The van der Waals surface area contributed by atoms with Crippen molar-refractivity contribution in [3.05, 3.63) is 41.0 Å². The fraction of sp³-hybridized carbons (Fsp3) is 0.400. The van der Waals surface area contributed by atoms with E-state index in [2.05, 4.69) is 40.7 Å². The number of anilines is 2. The minimum absolute atomic E-state index is 0.393. The van der Waals surface area contributed by atoms with Crippen LogP contribution in [0, 0.1) is 17.7 Å². The lowest BCUT2D eigenvalue weighted by Crippen LogP contribution is -2.30. The third kappa shape index (κ3) is 2.54. The molecule has 0 spiro atoms. The van der Waals surface area contributed by atoms with E-state index in [1.807, 2.05) is 18.3 Å². The molecule has 0 amide bonds. The molecule has 2 fully saturated rings. The molecule has 7 heteroatoms. The van der Waals surface area contributed by atoms with Gasteiger partial charge >= 0.3 is 0 Å². The molecule has 2 aliphatic rings. The van der Waals surface area contributed by atoms with Gasteiger partial charge in [-0.3, -0.25) is 0 Å². The summed E-state index contributed by atoms with van der Waals surface area (Å²) in [5, 5.41) is 0. The molecule has 2 saturated heterocycles. The van der Waals surface area contributed by atoms with E-state index in [1.165, 1.54) is 12.4 Å². The van der Waals surface area contributed by atoms with Gasteiger partial charge in [-0.25, -0.2) is 19.3 Å². The molecule has 114 valence electrons. The maximum Gasteiger partial charge on any atom is 0.225 e. The van der Waals surface area contributed by atoms with Crippen molar-refractivity contribution in [1.82, 2.24) is 15.0 Å². The zero-order valence-electron chi connectivity index (χ0n) is 11.9. The SMILES string of the molecule is Fc1cnc(N2CC3CN(c4ccc(Br)cn4)CC3C2)nc1. The van der Waals surface area contributed by atoms with Crippen molar-refractivity contribution >= 4 is 27.7 Å². The van der Waals surface area contributed by atoms with Crippen LogP contribution in [-0.2, 0) is 0 Å². The van der Waals surface area contributed by atoms with Gasteiger partial charge in [0.1, 0.15) is 5.82 Å². The molecule has 5 nitrogen and oxygen atoms in total. The summed E-state index contributed by atoms with van der Waals surface area (Å²) in [6.07, 6.45) is 4.30. The fourth-order valence-electron chi connectivity index (χ4n) is 3.37. The van der Waals surface area contributed by atoms with Crippen LogP contribution in [-0.4, -0.2) is 41.1 Å². The Morgan fingerprint density at radius 3 is 2.14 bits per heavy atom. The van der Waals surface area contributed by atoms with Crippen molar-refractivity contribution < 1.29 is 4.39 Å². The first-order valence-corrected chi connectivity index (χ1v) is 8.07. The van der Waals surface area contributed by atoms with Crippen LogP contribution in [0.1, 0.15) is 0 Å². The summed E-state index contributed by atoms with van der Waals surface area (Å²) in [4.78, 5) is 17.1. The Balaban J connectivity index is 1.44. The smallest absolute Gasteiger partial charge is 0.225 e. The van der Waals surface area contributed by atoms with Crippen LogP contribution < -0.4 is 9.80 Å². The third-order valence-corrected chi connectivity index (χ3v) is 4.88. The Hall–Kier alpha value is -1.76. The van der Waals surface area contributed by atoms with E-state index < -0.39 is 5.82 Å². The lowest BCUT2D eigenvalue weighted by Gasteiger charge is -2.22. The van der Waals surface area contributed by atoms with E-state index >= 15 is 0 Å². The Morgan fingerprint density at radius 1 is 0.909 bits per heavy atom. The normalized spacial score (nSPS) is 23.9. The minimum Gasteiger partial charge on any atom is -0.356 e. The highest BCUT2D eigenvalue weighted by molar-refractivity contribution is 9.10. The predicted octanol–water partition coefficient (Wildman–Crippen LogP) is 2.35. The van der Waals surface area contributed by atoms with Crippen LogP contribution in [0.5, 0.6) is 0 Å². The van der Waals surface area contributed by atoms with Gasteiger partial charge in [-0.2, -0.15) is 0 Å². The molecule has 0 aromatic carbocycles. The Morgan fingerprint density at radius 2 is 1.55 bits per heavy atom. The van der Waals surface area contributed by atoms with Crippen molar-refractivity contribution in [2.45, 2.75) is 0 Å². The average molecular weight is 364 g/mol.